The largest absolute Gasteiger partial charge is 0.274 e. The van der Waals surface area contributed by atoms with Crippen LogP contribution in [0, 0.1) is 13.8 Å². The van der Waals surface area contributed by atoms with E-state index in [1.807, 2.05) is 13.8 Å². The molecule has 1 heterocycles. The SMILES string of the molecule is Cc1nc([NH])sc1C. The van der Waals surface area contributed by atoms with E-state index >= 15 is 0 Å². The molecule has 0 saturated heterocycles. The summed E-state index contributed by atoms with van der Waals surface area (Å²) in [6.45, 7) is 3.90. The van der Waals surface area contributed by atoms with Crippen LogP contribution in [0.1, 0.15) is 10.6 Å². The molecule has 0 spiro atoms. The topological polar surface area (TPSA) is 36.7 Å². The summed E-state index contributed by atoms with van der Waals surface area (Å²) in [5.74, 6) is 0. The van der Waals surface area contributed by atoms with Crippen LogP contribution in [0.15, 0.2) is 0 Å². The molecule has 1 radical (unpaired) electrons. The molecule has 3 heteroatoms. The Morgan fingerprint density at radius 1 is 1.50 bits per heavy atom. The van der Waals surface area contributed by atoms with Gasteiger partial charge in [0.2, 0.25) is 5.13 Å². The molecule has 2 nitrogen and oxygen atoms in total. The molecule has 0 aliphatic heterocycles. The predicted octanol–water partition coefficient (Wildman–Crippen LogP) is 1.67. The number of rotatable bonds is 0. The molecule has 0 aliphatic rings. The van der Waals surface area contributed by atoms with Crippen LogP contribution < -0.4 is 5.73 Å². The standard InChI is InChI=1S/C5H7N2S/c1-3-4(2)8-5(6)7-3/h6H,1-2H3. The van der Waals surface area contributed by atoms with Crippen LogP contribution in [0.2, 0.25) is 0 Å². The van der Waals surface area contributed by atoms with Gasteiger partial charge in [0.25, 0.3) is 0 Å². The van der Waals surface area contributed by atoms with Gasteiger partial charge in [-0.25, -0.2) is 4.98 Å². The minimum Gasteiger partial charge on any atom is -0.274 e. The molecule has 0 bridgehead atoms. The summed E-state index contributed by atoms with van der Waals surface area (Å²) in [5.41, 5.74) is 8.05. The lowest BCUT2D eigenvalue weighted by Gasteiger charge is -1.77. The first-order valence-corrected chi connectivity index (χ1v) is 3.17. The number of nitrogens with one attached hydrogen (secondary N) is 1. The minimum absolute atomic E-state index is 0.417. The fourth-order valence-corrected chi connectivity index (χ4v) is 1.14. The van der Waals surface area contributed by atoms with E-state index in [0.29, 0.717) is 5.13 Å². The summed E-state index contributed by atoms with van der Waals surface area (Å²) in [6.07, 6.45) is 0. The minimum atomic E-state index is 0.417. The van der Waals surface area contributed by atoms with Crippen LogP contribution in [-0.4, -0.2) is 4.98 Å². The second kappa shape index (κ2) is 1.74. The van der Waals surface area contributed by atoms with Crippen LogP contribution in [0.25, 0.3) is 0 Å². The summed E-state index contributed by atoms with van der Waals surface area (Å²) in [4.78, 5) is 5.04. The molecule has 8 heavy (non-hydrogen) atoms. The van der Waals surface area contributed by atoms with Crippen molar-refractivity contribution in [1.29, 1.82) is 0 Å². The van der Waals surface area contributed by atoms with Crippen LogP contribution in [0.3, 0.4) is 0 Å². The van der Waals surface area contributed by atoms with E-state index in [9.17, 15) is 0 Å². The van der Waals surface area contributed by atoms with E-state index < -0.39 is 0 Å². The average molecular weight is 127 g/mol. The Bertz CT molecular complexity index is 173. The highest BCUT2D eigenvalue weighted by Gasteiger charge is 1.97. The zero-order valence-electron chi connectivity index (χ0n) is 4.86. The van der Waals surface area contributed by atoms with E-state index in [4.69, 9.17) is 5.73 Å². The van der Waals surface area contributed by atoms with Gasteiger partial charge in [0.15, 0.2) is 0 Å². The molecule has 1 aromatic rings. The molecule has 0 atom stereocenters. The smallest absolute Gasteiger partial charge is 0.202 e. The third-order valence-electron chi connectivity index (χ3n) is 1.03. The maximum Gasteiger partial charge on any atom is 0.202 e. The third-order valence-corrected chi connectivity index (χ3v) is 1.91. The fraction of sp³-hybridized carbons (Fsp3) is 0.400. The molecule has 0 unspecified atom stereocenters. The van der Waals surface area contributed by atoms with E-state index in [1.165, 1.54) is 11.3 Å². The van der Waals surface area contributed by atoms with Crippen LogP contribution in [0.5, 0.6) is 0 Å². The number of aryl methyl sites for hydroxylation is 2. The second-order valence-electron chi connectivity index (χ2n) is 1.66. The Kier molecular flexibility index (Phi) is 1.21. The van der Waals surface area contributed by atoms with Gasteiger partial charge in [-0.05, 0) is 13.8 Å². The van der Waals surface area contributed by atoms with E-state index in [-0.39, 0.29) is 0 Å². The van der Waals surface area contributed by atoms with Crippen molar-refractivity contribution in [1.82, 2.24) is 10.7 Å². The van der Waals surface area contributed by atoms with Gasteiger partial charge in [-0.2, -0.15) is 0 Å². The zero-order chi connectivity index (χ0) is 6.15. The molecule has 0 aliphatic carbocycles. The molecule has 0 fully saturated rings. The lowest BCUT2D eigenvalue weighted by atomic mass is 10.4. The van der Waals surface area contributed by atoms with Gasteiger partial charge in [0, 0.05) is 4.88 Å². The van der Waals surface area contributed by atoms with Crippen molar-refractivity contribution in [2.45, 2.75) is 13.8 Å². The normalized spacial score (nSPS) is 9.75. The van der Waals surface area contributed by atoms with Crippen LogP contribution >= 0.6 is 11.3 Å². The Morgan fingerprint density at radius 2 is 2.12 bits per heavy atom. The highest BCUT2D eigenvalue weighted by molar-refractivity contribution is 7.15. The van der Waals surface area contributed by atoms with Gasteiger partial charge in [0.05, 0.1) is 5.69 Å². The summed E-state index contributed by atoms with van der Waals surface area (Å²) in [7, 11) is 0. The first kappa shape index (κ1) is 5.56. The first-order chi connectivity index (χ1) is 3.70. The van der Waals surface area contributed by atoms with E-state index in [1.54, 1.807) is 0 Å². The summed E-state index contributed by atoms with van der Waals surface area (Å²) in [5, 5.41) is 0.417. The van der Waals surface area contributed by atoms with Crippen molar-refractivity contribution in [3.63, 3.8) is 0 Å². The Morgan fingerprint density at radius 3 is 2.25 bits per heavy atom. The van der Waals surface area contributed by atoms with Crippen LogP contribution in [-0.2, 0) is 0 Å². The summed E-state index contributed by atoms with van der Waals surface area (Å²) < 4.78 is 0. The van der Waals surface area contributed by atoms with Crippen molar-refractivity contribution in [2.75, 3.05) is 0 Å². The molecule has 43 valence electrons. The van der Waals surface area contributed by atoms with E-state index in [0.717, 1.165) is 10.6 Å². The summed E-state index contributed by atoms with van der Waals surface area (Å²) in [6, 6.07) is 0. The molecular weight excluding hydrogens is 120 g/mol. The number of aromatic nitrogens is 1. The van der Waals surface area contributed by atoms with Crippen molar-refractivity contribution in [3.05, 3.63) is 10.6 Å². The second-order valence-corrected chi connectivity index (χ2v) is 2.86. The Balaban J connectivity index is 3.14. The van der Waals surface area contributed by atoms with Crippen molar-refractivity contribution in [2.24, 2.45) is 0 Å². The van der Waals surface area contributed by atoms with Crippen molar-refractivity contribution in [3.8, 4) is 0 Å². The first-order valence-electron chi connectivity index (χ1n) is 2.36. The molecule has 1 aromatic heterocycles. The lowest BCUT2D eigenvalue weighted by molar-refractivity contribution is 1.21. The highest BCUT2D eigenvalue weighted by Crippen LogP contribution is 2.18. The predicted molar refractivity (Wildman–Crippen MR) is 34.3 cm³/mol. The number of hydrogen-bond donors (Lipinski definition) is 0. The monoisotopic (exact) mass is 127 g/mol. The quantitative estimate of drug-likeness (QED) is 0.522. The van der Waals surface area contributed by atoms with Gasteiger partial charge in [0.1, 0.15) is 0 Å². The molecule has 1 rings (SSSR count). The van der Waals surface area contributed by atoms with Gasteiger partial charge < -0.3 is 0 Å². The fourth-order valence-electron chi connectivity index (χ4n) is 0.473. The van der Waals surface area contributed by atoms with Crippen molar-refractivity contribution >= 4 is 16.5 Å². The van der Waals surface area contributed by atoms with Gasteiger partial charge >= 0.3 is 0 Å². The number of nitrogens with zero attached hydrogens (tertiary/aromatic N) is 1. The van der Waals surface area contributed by atoms with Gasteiger partial charge in [-0.15, -0.1) is 11.3 Å². The number of thiazole rings is 1. The lowest BCUT2D eigenvalue weighted by Crippen LogP contribution is -1.70. The maximum atomic E-state index is 7.06. The van der Waals surface area contributed by atoms with Crippen molar-refractivity contribution < 1.29 is 0 Å². The molecule has 1 N–H and O–H groups in total. The molecule has 0 aromatic carbocycles. The van der Waals surface area contributed by atoms with Gasteiger partial charge in [-0.3, -0.25) is 5.73 Å². The van der Waals surface area contributed by atoms with Gasteiger partial charge in [-0.1, -0.05) is 0 Å². The maximum absolute atomic E-state index is 7.06. The number of hydrogen-bond acceptors (Lipinski definition) is 2. The average Bonchev–Trinajstić information content (AvgIpc) is 1.85. The third kappa shape index (κ3) is 0.816. The zero-order valence-corrected chi connectivity index (χ0v) is 5.67. The highest BCUT2D eigenvalue weighted by atomic mass is 32.1. The molecule has 0 amide bonds. The summed E-state index contributed by atoms with van der Waals surface area (Å²) >= 11 is 1.42. The van der Waals surface area contributed by atoms with E-state index in [2.05, 4.69) is 4.98 Å². The Labute approximate surface area is 52.4 Å². The molecular formula is C5H7N2S. The molecule has 0 saturated carbocycles. The van der Waals surface area contributed by atoms with Crippen LogP contribution in [0.4, 0.5) is 5.13 Å². The Hall–Kier alpha value is -0.570.